The maximum Gasteiger partial charge on any atom is 0.183 e. The van der Waals surface area contributed by atoms with Gasteiger partial charge in [-0.15, -0.1) is 0 Å². The zero-order valence-corrected chi connectivity index (χ0v) is 16.7. The number of sulfone groups is 2. The Labute approximate surface area is 163 Å². The van der Waals surface area contributed by atoms with Crippen LogP contribution in [0.25, 0.3) is 0 Å². The van der Waals surface area contributed by atoms with Gasteiger partial charge in [-0.2, -0.15) is 0 Å². The van der Waals surface area contributed by atoms with Crippen LogP contribution in [0.4, 0.5) is 4.39 Å². The lowest BCUT2D eigenvalue weighted by Gasteiger charge is -2.20. The van der Waals surface area contributed by atoms with E-state index in [1.807, 2.05) is 0 Å². The second kappa shape index (κ2) is 7.87. The molecular formula is C18H19ClFNO4S2. The summed E-state index contributed by atoms with van der Waals surface area (Å²) in [6.45, 7) is 0.272. The summed E-state index contributed by atoms with van der Waals surface area (Å²) in [6.07, 6.45) is 0.330. The first-order valence-corrected chi connectivity index (χ1v) is 12.1. The third-order valence-corrected chi connectivity index (χ3v) is 9.02. The van der Waals surface area contributed by atoms with E-state index in [0.717, 1.165) is 0 Å². The minimum absolute atomic E-state index is 0.0369. The highest BCUT2D eigenvalue weighted by molar-refractivity contribution is 7.96. The largest absolute Gasteiger partial charge is 0.311 e. The minimum atomic E-state index is -3.85. The van der Waals surface area contributed by atoms with Gasteiger partial charge in [0.1, 0.15) is 5.82 Å². The van der Waals surface area contributed by atoms with Gasteiger partial charge in [-0.1, -0.05) is 29.8 Å². The van der Waals surface area contributed by atoms with E-state index in [1.165, 1.54) is 30.3 Å². The molecule has 3 rings (SSSR count). The van der Waals surface area contributed by atoms with Gasteiger partial charge in [-0.3, -0.25) is 0 Å². The molecule has 0 unspecified atom stereocenters. The van der Waals surface area contributed by atoms with Gasteiger partial charge in [0.2, 0.25) is 0 Å². The van der Waals surface area contributed by atoms with Gasteiger partial charge in [0.05, 0.1) is 21.7 Å². The van der Waals surface area contributed by atoms with Crippen LogP contribution in [0.3, 0.4) is 0 Å². The first-order chi connectivity index (χ1) is 12.7. The zero-order valence-electron chi connectivity index (χ0n) is 14.3. The van der Waals surface area contributed by atoms with E-state index >= 15 is 0 Å². The lowest BCUT2D eigenvalue weighted by molar-refractivity contribution is 0.523. The van der Waals surface area contributed by atoms with Gasteiger partial charge in [-0.25, -0.2) is 21.2 Å². The van der Waals surface area contributed by atoms with Gasteiger partial charge in [-0.05, 0) is 48.9 Å². The Morgan fingerprint density at radius 1 is 1.07 bits per heavy atom. The maximum absolute atomic E-state index is 13.7. The van der Waals surface area contributed by atoms with Crippen molar-refractivity contribution < 1.29 is 21.2 Å². The Hall–Kier alpha value is -1.48. The number of benzene rings is 2. The molecule has 1 saturated heterocycles. The van der Waals surface area contributed by atoms with Crippen molar-refractivity contribution in [1.82, 2.24) is 5.32 Å². The SMILES string of the molecule is O=S1(=O)C[C@H](NCCc2ccccc2F)[C@@H](S(=O)(=O)c2ccc(Cl)cc2)C1. The maximum atomic E-state index is 13.7. The van der Waals surface area contributed by atoms with Crippen molar-refractivity contribution in [3.63, 3.8) is 0 Å². The summed E-state index contributed by atoms with van der Waals surface area (Å²) in [4.78, 5) is 0.0369. The second-order valence-electron chi connectivity index (χ2n) is 6.52. The van der Waals surface area contributed by atoms with E-state index in [1.54, 1.807) is 18.2 Å². The Morgan fingerprint density at radius 2 is 1.74 bits per heavy atom. The van der Waals surface area contributed by atoms with E-state index in [9.17, 15) is 21.2 Å². The van der Waals surface area contributed by atoms with Crippen LogP contribution >= 0.6 is 11.6 Å². The highest BCUT2D eigenvalue weighted by atomic mass is 35.5. The van der Waals surface area contributed by atoms with E-state index in [4.69, 9.17) is 11.6 Å². The Bertz CT molecular complexity index is 1020. The molecule has 0 aliphatic carbocycles. The summed E-state index contributed by atoms with van der Waals surface area (Å²) in [5.41, 5.74) is 0.489. The van der Waals surface area contributed by atoms with Gasteiger partial charge in [0.15, 0.2) is 19.7 Å². The summed E-state index contributed by atoms with van der Waals surface area (Å²) in [5.74, 6) is -1.04. The summed E-state index contributed by atoms with van der Waals surface area (Å²) in [6, 6.07) is 11.2. The number of halogens is 2. The molecule has 2 aromatic carbocycles. The summed E-state index contributed by atoms with van der Waals surface area (Å²) >= 11 is 5.80. The molecule has 5 nitrogen and oxygen atoms in total. The van der Waals surface area contributed by atoms with E-state index in [0.29, 0.717) is 17.0 Å². The monoisotopic (exact) mass is 431 g/mol. The predicted molar refractivity (Wildman–Crippen MR) is 103 cm³/mol. The van der Waals surface area contributed by atoms with Crippen LogP contribution < -0.4 is 5.32 Å². The van der Waals surface area contributed by atoms with Crippen LogP contribution in [0.2, 0.25) is 5.02 Å². The third-order valence-electron chi connectivity index (χ3n) is 4.60. The molecule has 2 aromatic rings. The van der Waals surface area contributed by atoms with Crippen molar-refractivity contribution in [2.75, 3.05) is 18.1 Å². The smallest absolute Gasteiger partial charge is 0.183 e. The predicted octanol–water partition coefficient (Wildman–Crippen LogP) is 2.25. The second-order valence-corrected chi connectivity index (χ2v) is 11.3. The molecule has 2 atom stereocenters. The van der Waals surface area contributed by atoms with E-state index in [2.05, 4.69) is 5.32 Å². The first-order valence-electron chi connectivity index (χ1n) is 8.36. The fraction of sp³-hybridized carbons (Fsp3) is 0.333. The molecule has 146 valence electrons. The lowest BCUT2D eigenvalue weighted by Crippen LogP contribution is -2.44. The minimum Gasteiger partial charge on any atom is -0.311 e. The molecule has 9 heteroatoms. The van der Waals surface area contributed by atoms with Gasteiger partial charge in [0.25, 0.3) is 0 Å². The molecule has 0 bridgehead atoms. The van der Waals surface area contributed by atoms with Crippen molar-refractivity contribution in [2.45, 2.75) is 22.6 Å². The molecule has 27 heavy (non-hydrogen) atoms. The molecule has 1 heterocycles. The molecule has 0 spiro atoms. The number of hydrogen-bond acceptors (Lipinski definition) is 5. The highest BCUT2D eigenvalue weighted by Gasteiger charge is 2.45. The molecule has 1 fully saturated rings. The van der Waals surface area contributed by atoms with Crippen LogP contribution in [0.15, 0.2) is 53.4 Å². The average molecular weight is 432 g/mol. The molecule has 0 radical (unpaired) electrons. The van der Waals surface area contributed by atoms with Crippen LogP contribution in [0.5, 0.6) is 0 Å². The van der Waals surface area contributed by atoms with Crippen molar-refractivity contribution in [3.05, 3.63) is 64.9 Å². The Kier molecular flexibility index (Phi) is 5.90. The average Bonchev–Trinajstić information content (AvgIpc) is 2.92. The van der Waals surface area contributed by atoms with E-state index < -0.39 is 36.7 Å². The van der Waals surface area contributed by atoms with Gasteiger partial charge < -0.3 is 5.32 Å². The molecule has 0 amide bonds. The first kappa shape index (κ1) is 20.3. The number of hydrogen-bond donors (Lipinski definition) is 1. The van der Waals surface area contributed by atoms with Crippen molar-refractivity contribution in [1.29, 1.82) is 0 Å². The Morgan fingerprint density at radius 3 is 2.41 bits per heavy atom. The van der Waals surface area contributed by atoms with Crippen molar-refractivity contribution >= 4 is 31.3 Å². The van der Waals surface area contributed by atoms with Crippen LogP contribution in [0, 0.1) is 5.82 Å². The summed E-state index contributed by atoms with van der Waals surface area (Å²) < 4.78 is 63.7. The van der Waals surface area contributed by atoms with Crippen LogP contribution in [-0.4, -0.2) is 46.2 Å². The summed E-state index contributed by atoms with van der Waals surface area (Å²) in [7, 11) is -7.34. The standard InChI is InChI=1S/C18H19ClFNO4S2/c19-14-5-7-15(8-6-14)27(24,25)18-12-26(22,23)11-17(18)21-10-9-13-3-1-2-4-16(13)20/h1-8,17-18,21H,9-12H2/t17-,18-/m0/s1. The number of nitrogens with one attached hydrogen (secondary N) is 1. The molecule has 0 saturated carbocycles. The van der Waals surface area contributed by atoms with Crippen LogP contribution in [-0.2, 0) is 26.1 Å². The van der Waals surface area contributed by atoms with Crippen molar-refractivity contribution in [3.8, 4) is 0 Å². The molecule has 1 aliphatic rings. The normalized spacial score (nSPS) is 22.0. The molecule has 1 N–H and O–H groups in total. The summed E-state index contributed by atoms with van der Waals surface area (Å²) in [5, 5.41) is 2.30. The van der Waals surface area contributed by atoms with E-state index in [-0.39, 0.29) is 23.0 Å². The number of rotatable bonds is 6. The lowest BCUT2D eigenvalue weighted by atomic mass is 10.1. The van der Waals surface area contributed by atoms with Gasteiger partial charge >= 0.3 is 0 Å². The van der Waals surface area contributed by atoms with Crippen LogP contribution in [0.1, 0.15) is 5.56 Å². The third kappa shape index (κ3) is 4.68. The zero-order chi connectivity index (χ0) is 19.7. The fourth-order valence-electron chi connectivity index (χ4n) is 3.20. The van der Waals surface area contributed by atoms with Gasteiger partial charge in [0, 0.05) is 11.1 Å². The molecular weight excluding hydrogens is 413 g/mol. The Balaban J connectivity index is 1.77. The topological polar surface area (TPSA) is 80.3 Å². The fourth-order valence-corrected chi connectivity index (χ4v) is 8.05. The highest BCUT2D eigenvalue weighted by Crippen LogP contribution is 2.27. The van der Waals surface area contributed by atoms with Crippen molar-refractivity contribution in [2.24, 2.45) is 0 Å². The quantitative estimate of drug-likeness (QED) is 0.758. The molecule has 0 aromatic heterocycles. The molecule has 1 aliphatic heterocycles.